The lowest BCUT2D eigenvalue weighted by Crippen LogP contribution is -2.24. The monoisotopic (exact) mass is 297 g/mol. The maximum absolute atomic E-state index is 11.7. The standard InChI is InChI=1S/C14H23N3O4/c1-6-10-13(17(19)20)11(7-2)16(15-10)9-8-12(18)21-14(3,4)5/h6-9H2,1-5H3. The van der Waals surface area contributed by atoms with Crippen molar-refractivity contribution in [3.63, 3.8) is 0 Å². The molecule has 0 amide bonds. The molecule has 0 aliphatic heterocycles. The zero-order chi connectivity index (χ0) is 16.2. The van der Waals surface area contributed by atoms with E-state index in [4.69, 9.17) is 4.74 Å². The van der Waals surface area contributed by atoms with E-state index in [0.29, 0.717) is 30.8 Å². The lowest BCUT2D eigenvalue weighted by atomic mass is 10.2. The molecule has 7 heteroatoms. The molecular formula is C14H23N3O4. The van der Waals surface area contributed by atoms with E-state index in [1.807, 2.05) is 13.8 Å². The quantitative estimate of drug-likeness (QED) is 0.457. The Hall–Kier alpha value is -1.92. The van der Waals surface area contributed by atoms with Crippen molar-refractivity contribution in [3.8, 4) is 0 Å². The number of hydrogen-bond donors (Lipinski definition) is 0. The molecule has 0 aromatic carbocycles. The highest BCUT2D eigenvalue weighted by atomic mass is 16.6. The van der Waals surface area contributed by atoms with Crippen LogP contribution in [0.25, 0.3) is 0 Å². The van der Waals surface area contributed by atoms with Gasteiger partial charge in [-0.05, 0) is 33.6 Å². The summed E-state index contributed by atoms with van der Waals surface area (Å²) in [6.07, 6.45) is 1.13. The van der Waals surface area contributed by atoms with Crippen LogP contribution < -0.4 is 0 Å². The first kappa shape index (κ1) is 17.1. The second-order valence-electron chi connectivity index (χ2n) is 5.77. The summed E-state index contributed by atoms with van der Waals surface area (Å²) in [5.74, 6) is -0.333. The van der Waals surface area contributed by atoms with Gasteiger partial charge >= 0.3 is 11.7 Å². The zero-order valence-corrected chi connectivity index (χ0v) is 13.3. The minimum absolute atomic E-state index is 0.0733. The molecule has 1 heterocycles. The molecule has 0 saturated heterocycles. The largest absolute Gasteiger partial charge is 0.460 e. The van der Waals surface area contributed by atoms with Crippen LogP contribution >= 0.6 is 0 Å². The van der Waals surface area contributed by atoms with Crippen LogP contribution in [0, 0.1) is 10.1 Å². The van der Waals surface area contributed by atoms with Gasteiger partial charge in [-0.1, -0.05) is 13.8 Å². The molecule has 1 aromatic heterocycles. The van der Waals surface area contributed by atoms with Crippen LogP contribution in [0.3, 0.4) is 0 Å². The van der Waals surface area contributed by atoms with Crippen molar-refractivity contribution in [1.82, 2.24) is 9.78 Å². The second kappa shape index (κ2) is 6.69. The molecule has 0 spiro atoms. The number of carbonyl (C=O) groups is 1. The van der Waals surface area contributed by atoms with Gasteiger partial charge in [0.2, 0.25) is 0 Å². The topological polar surface area (TPSA) is 87.3 Å². The Labute approximate surface area is 124 Å². The molecule has 21 heavy (non-hydrogen) atoms. The van der Waals surface area contributed by atoms with Crippen molar-refractivity contribution in [3.05, 3.63) is 21.5 Å². The molecule has 0 unspecified atom stereocenters. The molecule has 0 fully saturated rings. The highest BCUT2D eigenvalue weighted by molar-refractivity contribution is 5.69. The molecule has 0 N–H and O–H groups in total. The minimum atomic E-state index is -0.532. The van der Waals surface area contributed by atoms with E-state index in [2.05, 4.69) is 5.10 Å². The summed E-state index contributed by atoms with van der Waals surface area (Å²) in [4.78, 5) is 22.5. The summed E-state index contributed by atoms with van der Waals surface area (Å²) < 4.78 is 6.79. The van der Waals surface area contributed by atoms with Gasteiger partial charge < -0.3 is 4.74 Å². The van der Waals surface area contributed by atoms with E-state index < -0.39 is 10.5 Å². The summed E-state index contributed by atoms with van der Waals surface area (Å²) in [5, 5.41) is 15.4. The number of aryl methyl sites for hydroxylation is 2. The van der Waals surface area contributed by atoms with Gasteiger partial charge in [-0.3, -0.25) is 19.6 Å². The number of esters is 1. The molecule has 0 aliphatic rings. The molecule has 7 nitrogen and oxygen atoms in total. The number of nitrogens with zero attached hydrogens (tertiary/aromatic N) is 3. The van der Waals surface area contributed by atoms with Gasteiger partial charge in [0, 0.05) is 0 Å². The third-order valence-corrected chi connectivity index (χ3v) is 2.90. The van der Waals surface area contributed by atoms with Gasteiger partial charge in [-0.25, -0.2) is 0 Å². The third-order valence-electron chi connectivity index (χ3n) is 2.90. The van der Waals surface area contributed by atoms with Crippen molar-refractivity contribution < 1.29 is 14.5 Å². The molecule has 1 aromatic rings. The predicted octanol–water partition coefficient (Wildman–Crippen LogP) is 2.65. The number of rotatable bonds is 6. The summed E-state index contributed by atoms with van der Waals surface area (Å²) in [6.45, 7) is 9.36. The Morgan fingerprint density at radius 1 is 1.33 bits per heavy atom. The molecule has 118 valence electrons. The average Bonchev–Trinajstić information content (AvgIpc) is 2.72. The first-order chi connectivity index (χ1) is 9.69. The van der Waals surface area contributed by atoms with E-state index in [-0.39, 0.29) is 18.1 Å². The fourth-order valence-corrected chi connectivity index (χ4v) is 2.12. The molecule has 1 rings (SSSR count). The molecule has 0 atom stereocenters. The van der Waals surface area contributed by atoms with E-state index >= 15 is 0 Å². The van der Waals surface area contributed by atoms with Crippen LogP contribution in [0.15, 0.2) is 0 Å². The van der Waals surface area contributed by atoms with Crippen molar-refractivity contribution in [2.75, 3.05) is 0 Å². The van der Waals surface area contributed by atoms with Crippen LogP contribution in [0.5, 0.6) is 0 Å². The summed E-state index contributed by atoms with van der Waals surface area (Å²) in [7, 11) is 0. The van der Waals surface area contributed by atoms with Gasteiger partial charge in [0.1, 0.15) is 17.0 Å². The number of nitro groups is 1. The SMILES string of the molecule is CCc1nn(CCC(=O)OC(C)(C)C)c(CC)c1[N+](=O)[O-]. The lowest BCUT2D eigenvalue weighted by molar-refractivity contribution is -0.386. The minimum Gasteiger partial charge on any atom is -0.460 e. The van der Waals surface area contributed by atoms with Gasteiger partial charge in [-0.2, -0.15) is 5.10 Å². The van der Waals surface area contributed by atoms with Crippen LogP contribution in [0.2, 0.25) is 0 Å². The summed E-state index contributed by atoms with van der Waals surface area (Å²) in [6, 6.07) is 0. The van der Waals surface area contributed by atoms with Crippen LogP contribution in [0.4, 0.5) is 5.69 Å². The maximum atomic E-state index is 11.7. The number of carbonyl (C=O) groups excluding carboxylic acids is 1. The maximum Gasteiger partial charge on any atom is 0.313 e. The number of aromatic nitrogens is 2. The molecule has 0 aliphatic carbocycles. The van der Waals surface area contributed by atoms with E-state index in [1.54, 1.807) is 25.5 Å². The van der Waals surface area contributed by atoms with Crippen LogP contribution in [-0.2, 0) is 28.9 Å². The van der Waals surface area contributed by atoms with Gasteiger partial charge in [-0.15, -0.1) is 0 Å². The fraction of sp³-hybridized carbons (Fsp3) is 0.714. The fourth-order valence-electron chi connectivity index (χ4n) is 2.12. The van der Waals surface area contributed by atoms with Crippen LogP contribution in [0.1, 0.15) is 52.4 Å². The smallest absolute Gasteiger partial charge is 0.313 e. The zero-order valence-electron chi connectivity index (χ0n) is 13.3. The average molecular weight is 297 g/mol. The number of ether oxygens (including phenoxy) is 1. The van der Waals surface area contributed by atoms with Crippen molar-refractivity contribution in [1.29, 1.82) is 0 Å². The van der Waals surface area contributed by atoms with Gasteiger partial charge in [0.15, 0.2) is 0 Å². The predicted molar refractivity (Wildman–Crippen MR) is 78.1 cm³/mol. The Kier molecular flexibility index (Phi) is 5.46. The van der Waals surface area contributed by atoms with Gasteiger partial charge in [0.05, 0.1) is 17.9 Å². The van der Waals surface area contributed by atoms with Gasteiger partial charge in [0.25, 0.3) is 0 Å². The lowest BCUT2D eigenvalue weighted by Gasteiger charge is -2.19. The highest BCUT2D eigenvalue weighted by Crippen LogP contribution is 2.25. The molecular weight excluding hydrogens is 274 g/mol. The Bertz CT molecular complexity index is 529. The third kappa shape index (κ3) is 4.54. The molecule has 0 saturated carbocycles. The first-order valence-electron chi connectivity index (χ1n) is 7.14. The van der Waals surface area contributed by atoms with Crippen molar-refractivity contribution in [2.24, 2.45) is 0 Å². The Morgan fingerprint density at radius 2 is 1.95 bits per heavy atom. The molecule has 0 bridgehead atoms. The number of hydrogen-bond acceptors (Lipinski definition) is 5. The Morgan fingerprint density at radius 3 is 2.38 bits per heavy atom. The molecule has 0 radical (unpaired) electrons. The van der Waals surface area contributed by atoms with E-state index in [9.17, 15) is 14.9 Å². The van der Waals surface area contributed by atoms with Crippen molar-refractivity contribution in [2.45, 2.75) is 66.0 Å². The first-order valence-corrected chi connectivity index (χ1v) is 7.14. The van der Waals surface area contributed by atoms with Crippen molar-refractivity contribution >= 4 is 11.7 Å². The normalized spacial score (nSPS) is 11.5. The van der Waals surface area contributed by atoms with E-state index in [0.717, 1.165) is 0 Å². The summed E-state index contributed by atoms with van der Waals surface area (Å²) >= 11 is 0. The highest BCUT2D eigenvalue weighted by Gasteiger charge is 2.26. The second-order valence-corrected chi connectivity index (χ2v) is 5.77. The summed E-state index contributed by atoms with van der Waals surface area (Å²) in [5.41, 5.74) is 0.556. The van der Waals surface area contributed by atoms with Crippen LogP contribution in [-0.4, -0.2) is 26.3 Å². The van der Waals surface area contributed by atoms with E-state index in [1.165, 1.54) is 0 Å². The Balaban J connectivity index is 2.89.